The number of rotatable bonds is 3. The second-order valence-corrected chi connectivity index (χ2v) is 5.17. The van der Waals surface area contributed by atoms with Crippen molar-refractivity contribution in [1.29, 1.82) is 0 Å². The van der Waals surface area contributed by atoms with Crippen LogP contribution in [0.1, 0.15) is 0 Å². The topological polar surface area (TPSA) is 77.0 Å². The summed E-state index contributed by atoms with van der Waals surface area (Å²) in [5, 5.41) is 3.47. The number of alkyl halides is 3. The molecule has 0 spiro atoms. The molecule has 1 aliphatic rings. The van der Waals surface area contributed by atoms with E-state index >= 15 is 0 Å². The van der Waals surface area contributed by atoms with Gasteiger partial charge in [0.25, 0.3) is 10.0 Å². The standard InChI is InChI=1S/C7H6F3NO3S.C5H5NO/c8-7(9,10)14-11-15(12,13)6-4-2-1-3-5-6;1-2-4-6-7-5-3-1/h1-5,11H;1-5H. The molecule has 1 aromatic rings. The third kappa shape index (κ3) is 7.57. The fourth-order valence-electron chi connectivity index (χ4n) is 1.05. The molecule has 0 saturated heterocycles. The highest BCUT2D eigenvalue weighted by Crippen LogP contribution is 2.16. The zero-order chi connectivity index (χ0) is 16.5. The number of benzene rings is 1. The fraction of sp³-hybridized carbons (Fsp3) is 0.0833. The zero-order valence-electron chi connectivity index (χ0n) is 10.9. The lowest BCUT2D eigenvalue weighted by Crippen LogP contribution is -2.31. The average molecular weight is 336 g/mol. The number of halogens is 3. The van der Waals surface area contributed by atoms with Gasteiger partial charge in [0, 0.05) is 0 Å². The summed E-state index contributed by atoms with van der Waals surface area (Å²) in [6.07, 6.45) is 3.45. The maximum absolute atomic E-state index is 11.6. The lowest BCUT2D eigenvalue weighted by Gasteiger charge is -2.08. The number of allylic oxidation sites excluding steroid dienone is 3. The maximum atomic E-state index is 11.6. The molecule has 0 amide bonds. The molecular formula is C12H11F3N2O4S. The van der Waals surface area contributed by atoms with Gasteiger partial charge in [-0.1, -0.05) is 34.3 Å². The minimum atomic E-state index is -5.05. The summed E-state index contributed by atoms with van der Waals surface area (Å²) in [5.74, 6) is 0. The van der Waals surface area contributed by atoms with E-state index in [9.17, 15) is 21.6 Å². The number of nitrogens with zero attached hydrogens (tertiary/aromatic N) is 1. The van der Waals surface area contributed by atoms with E-state index in [2.05, 4.69) is 14.8 Å². The van der Waals surface area contributed by atoms with Crippen LogP contribution in [0.15, 0.2) is 64.9 Å². The van der Waals surface area contributed by atoms with E-state index in [1.165, 1.54) is 24.5 Å². The highest BCUT2D eigenvalue weighted by molar-refractivity contribution is 7.89. The first kappa shape index (κ1) is 17.9. The van der Waals surface area contributed by atoms with Gasteiger partial charge in [0.15, 0.2) is 0 Å². The van der Waals surface area contributed by atoms with Crippen LogP contribution in [0.25, 0.3) is 0 Å². The molecule has 120 valence electrons. The molecule has 10 heteroatoms. The normalized spacial score (nSPS) is 13.8. The van der Waals surface area contributed by atoms with Gasteiger partial charge in [-0.2, -0.15) is 4.84 Å². The fourth-order valence-corrected chi connectivity index (χ4v) is 1.87. The minimum absolute atomic E-state index is 0.311. The molecule has 1 N–H and O–H groups in total. The lowest BCUT2D eigenvalue weighted by atomic mass is 10.4. The molecule has 1 aromatic carbocycles. The van der Waals surface area contributed by atoms with E-state index in [0.29, 0.717) is 0 Å². The highest BCUT2D eigenvalue weighted by atomic mass is 32.2. The van der Waals surface area contributed by atoms with Gasteiger partial charge < -0.3 is 4.84 Å². The van der Waals surface area contributed by atoms with Gasteiger partial charge in [0.1, 0.15) is 6.26 Å². The van der Waals surface area contributed by atoms with E-state index in [1.54, 1.807) is 18.4 Å². The molecular weight excluding hydrogens is 325 g/mol. The summed E-state index contributed by atoms with van der Waals surface area (Å²) < 4.78 is 56.9. The third-order valence-electron chi connectivity index (χ3n) is 1.89. The molecule has 1 heterocycles. The number of sulfonamides is 1. The van der Waals surface area contributed by atoms with Crippen molar-refractivity contribution in [2.75, 3.05) is 0 Å². The van der Waals surface area contributed by atoms with Crippen LogP contribution in [-0.2, 0) is 19.7 Å². The van der Waals surface area contributed by atoms with E-state index in [-0.39, 0.29) is 4.90 Å². The molecule has 0 atom stereocenters. The van der Waals surface area contributed by atoms with Crippen LogP contribution >= 0.6 is 0 Å². The van der Waals surface area contributed by atoms with Crippen molar-refractivity contribution in [2.24, 2.45) is 5.16 Å². The molecule has 2 rings (SSSR count). The van der Waals surface area contributed by atoms with Crippen LogP contribution in [0, 0.1) is 0 Å². The predicted molar refractivity (Wildman–Crippen MR) is 71.8 cm³/mol. The Balaban J connectivity index is 0.000000287. The second kappa shape index (κ2) is 8.32. The second-order valence-electron chi connectivity index (χ2n) is 3.52. The molecule has 0 unspecified atom stereocenters. The van der Waals surface area contributed by atoms with E-state index in [0.717, 1.165) is 17.0 Å². The van der Waals surface area contributed by atoms with Crippen LogP contribution in [0.2, 0.25) is 0 Å². The van der Waals surface area contributed by atoms with Crippen molar-refractivity contribution in [2.45, 2.75) is 11.3 Å². The number of hydrogen-bond donors (Lipinski definition) is 1. The van der Waals surface area contributed by atoms with Crippen LogP contribution in [0.5, 0.6) is 0 Å². The molecule has 1 aliphatic heterocycles. The summed E-state index contributed by atoms with van der Waals surface area (Å²) in [5.41, 5.74) is 0. The van der Waals surface area contributed by atoms with Gasteiger partial charge in [-0.3, -0.25) is 0 Å². The van der Waals surface area contributed by atoms with Gasteiger partial charge in [-0.15, -0.1) is 13.2 Å². The minimum Gasteiger partial charge on any atom is -0.365 e. The Morgan fingerprint density at radius 1 is 1.09 bits per heavy atom. The van der Waals surface area contributed by atoms with Gasteiger partial charge >= 0.3 is 6.36 Å². The van der Waals surface area contributed by atoms with Crippen LogP contribution in [-0.4, -0.2) is 21.0 Å². The first-order valence-corrected chi connectivity index (χ1v) is 7.12. The lowest BCUT2D eigenvalue weighted by molar-refractivity contribution is -0.338. The Labute approximate surface area is 124 Å². The first-order chi connectivity index (χ1) is 10.3. The van der Waals surface area contributed by atoms with Crippen molar-refractivity contribution in [1.82, 2.24) is 4.89 Å². The Morgan fingerprint density at radius 3 is 2.41 bits per heavy atom. The van der Waals surface area contributed by atoms with Gasteiger partial charge in [-0.25, -0.2) is 8.42 Å². The summed E-state index contributed by atoms with van der Waals surface area (Å²) >= 11 is 0. The Kier molecular flexibility index (Phi) is 6.76. The summed E-state index contributed by atoms with van der Waals surface area (Å²) in [6, 6.07) is 6.57. The van der Waals surface area contributed by atoms with E-state index in [4.69, 9.17) is 0 Å². The predicted octanol–water partition coefficient (Wildman–Crippen LogP) is 2.49. The number of oxime groups is 1. The van der Waals surface area contributed by atoms with Crippen LogP contribution in [0.4, 0.5) is 13.2 Å². The first-order valence-electron chi connectivity index (χ1n) is 5.64. The Bertz CT molecular complexity index is 626. The smallest absolute Gasteiger partial charge is 0.365 e. The van der Waals surface area contributed by atoms with Gasteiger partial charge in [0.2, 0.25) is 0 Å². The molecule has 22 heavy (non-hydrogen) atoms. The van der Waals surface area contributed by atoms with Crippen LogP contribution < -0.4 is 4.89 Å². The number of nitrogens with one attached hydrogen (secondary N) is 1. The molecule has 0 aliphatic carbocycles. The monoisotopic (exact) mass is 336 g/mol. The number of hydrogen-bond acceptors (Lipinski definition) is 5. The van der Waals surface area contributed by atoms with Crippen molar-refractivity contribution < 1.29 is 31.3 Å². The van der Waals surface area contributed by atoms with Crippen LogP contribution in [0.3, 0.4) is 0 Å². The SMILES string of the molecule is C1=CC=NOC=C1.O=S(=O)(NOC(F)(F)F)c1ccccc1. The van der Waals surface area contributed by atoms with E-state index < -0.39 is 16.4 Å². The maximum Gasteiger partial charge on any atom is 0.539 e. The summed E-state index contributed by atoms with van der Waals surface area (Å²) in [6.45, 7) is 0. The van der Waals surface area contributed by atoms with E-state index in [1.807, 2.05) is 6.08 Å². The zero-order valence-corrected chi connectivity index (χ0v) is 11.7. The molecule has 0 bridgehead atoms. The highest BCUT2D eigenvalue weighted by Gasteiger charge is 2.32. The molecule has 0 fully saturated rings. The van der Waals surface area contributed by atoms with Crippen molar-refractivity contribution in [3.8, 4) is 0 Å². The third-order valence-corrected chi connectivity index (χ3v) is 3.09. The molecule has 0 radical (unpaired) electrons. The largest absolute Gasteiger partial charge is 0.539 e. The van der Waals surface area contributed by atoms with Gasteiger partial charge in [-0.05, 0) is 24.3 Å². The van der Waals surface area contributed by atoms with Gasteiger partial charge in [0.05, 0.1) is 11.1 Å². The quantitative estimate of drug-likeness (QED) is 0.861. The molecule has 0 aromatic heterocycles. The summed E-state index contributed by atoms with van der Waals surface area (Å²) in [4.78, 5) is 8.18. The van der Waals surface area contributed by atoms with Crippen molar-refractivity contribution in [3.63, 3.8) is 0 Å². The molecule has 0 saturated carbocycles. The van der Waals surface area contributed by atoms with Crippen molar-refractivity contribution in [3.05, 3.63) is 54.8 Å². The summed E-state index contributed by atoms with van der Waals surface area (Å²) in [7, 11) is -4.29. The van der Waals surface area contributed by atoms with Crippen molar-refractivity contribution >= 4 is 16.2 Å². The Hall–Kier alpha value is -2.17. The molecule has 6 nitrogen and oxygen atoms in total. The Morgan fingerprint density at radius 2 is 1.77 bits per heavy atom. The average Bonchev–Trinajstić information content (AvgIpc) is 2.79.